The van der Waals surface area contributed by atoms with Crippen LogP contribution in [0.1, 0.15) is 22.3 Å². The molecule has 3 aromatic rings. The van der Waals surface area contributed by atoms with Crippen LogP contribution in [0.3, 0.4) is 0 Å². The second-order valence-electron chi connectivity index (χ2n) is 6.79. The van der Waals surface area contributed by atoms with Gasteiger partial charge in [0.25, 0.3) is 5.91 Å². The Balaban J connectivity index is 1.40. The maximum atomic E-state index is 14.0. The molecule has 1 aliphatic heterocycles. The number of thiazole rings is 1. The predicted octanol–water partition coefficient (Wildman–Crippen LogP) is 4.47. The van der Waals surface area contributed by atoms with Crippen molar-refractivity contribution in [2.75, 3.05) is 31.1 Å². The second-order valence-corrected chi connectivity index (χ2v) is 7.73. The zero-order valence-corrected chi connectivity index (χ0v) is 16.6. The maximum Gasteiger partial charge on any atom is 0.253 e. The molecule has 0 atom stereocenters. The fraction of sp³-hybridized carbons (Fsp3) is 0.273. The summed E-state index contributed by atoms with van der Waals surface area (Å²) in [5, 5.41) is 3.17. The summed E-state index contributed by atoms with van der Waals surface area (Å²) in [4.78, 5) is 21.3. The molecule has 1 saturated heterocycles. The van der Waals surface area contributed by atoms with Crippen LogP contribution in [-0.4, -0.2) is 42.0 Å². The van der Waals surface area contributed by atoms with E-state index in [2.05, 4.69) is 17.3 Å². The molecular formula is C22H22FN3OS. The summed E-state index contributed by atoms with van der Waals surface area (Å²) in [6.07, 6.45) is 0.931. The van der Waals surface area contributed by atoms with E-state index in [1.54, 1.807) is 23.5 Å². The first-order chi connectivity index (χ1) is 13.7. The first-order valence-electron chi connectivity index (χ1n) is 9.49. The molecule has 1 aliphatic rings. The first kappa shape index (κ1) is 18.6. The molecule has 6 heteroatoms. The number of carbonyl (C=O) groups is 1. The Morgan fingerprint density at radius 2 is 1.79 bits per heavy atom. The van der Waals surface area contributed by atoms with Crippen LogP contribution in [-0.2, 0) is 6.42 Å². The number of amides is 1. The number of hydrogen-bond donors (Lipinski definition) is 0. The van der Waals surface area contributed by atoms with Crippen LogP contribution in [0.15, 0.2) is 53.9 Å². The highest BCUT2D eigenvalue weighted by Crippen LogP contribution is 2.24. The number of para-hydroxylation sites is 1. The van der Waals surface area contributed by atoms with Gasteiger partial charge in [-0.15, -0.1) is 11.3 Å². The van der Waals surface area contributed by atoms with Crippen LogP contribution in [0.25, 0.3) is 11.3 Å². The molecule has 144 valence electrons. The first-order valence-corrected chi connectivity index (χ1v) is 10.4. The van der Waals surface area contributed by atoms with E-state index in [4.69, 9.17) is 0 Å². The van der Waals surface area contributed by atoms with Crippen molar-refractivity contribution in [3.63, 3.8) is 0 Å². The summed E-state index contributed by atoms with van der Waals surface area (Å²) in [7, 11) is 0. The van der Waals surface area contributed by atoms with E-state index in [1.165, 1.54) is 6.07 Å². The Bertz CT molecular complexity index is 962. The minimum Gasteiger partial charge on any atom is -0.366 e. The van der Waals surface area contributed by atoms with E-state index in [9.17, 15) is 9.18 Å². The summed E-state index contributed by atoms with van der Waals surface area (Å²) in [5.74, 6) is -0.196. The monoisotopic (exact) mass is 395 g/mol. The Labute approximate surface area is 168 Å². The fourth-order valence-electron chi connectivity index (χ4n) is 3.43. The summed E-state index contributed by atoms with van der Waals surface area (Å²) in [6.45, 7) is 4.52. The zero-order chi connectivity index (χ0) is 19.5. The molecule has 0 bridgehead atoms. The van der Waals surface area contributed by atoms with Gasteiger partial charge in [0.1, 0.15) is 5.82 Å². The number of hydrogen-bond acceptors (Lipinski definition) is 4. The smallest absolute Gasteiger partial charge is 0.253 e. The van der Waals surface area contributed by atoms with Crippen molar-refractivity contribution < 1.29 is 9.18 Å². The van der Waals surface area contributed by atoms with Gasteiger partial charge in [-0.25, -0.2) is 9.37 Å². The number of anilines is 1. The fourth-order valence-corrected chi connectivity index (χ4v) is 4.18. The largest absolute Gasteiger partial charge is 0.366 e. The van der Waals surface area contributed by atoms with Crippen LogP contribution in [0.4, 0.5) is 10.1 Å². The van der Waals surface area contributed by atoms with Gasteiger partial charge in [-0.1, -0.05) is 31.2 Å². The Kier molecular flexibility index (Phi) is 5.39. The molecule has 2 heterocycles. The predicted molar refractivity (Wildman–Crippen MR) is 111 cm³/mol. The number of rotatable bonds is 4. The van der Waals surface area contributed by atoms with Gasteiger partial charge in [-0.2, -0.15) is 0 Å². The lowest BCUT2D eigenvalue weighted by atomic mass is 10.1. The number of aromatic nitrogens is 1. The summed E-state index contributed by atoms with van der Waals surface area (Å²) in [6, 6.07) is 14.4. The Morgan fingerprint density at radius 1 is 1.07 bits per heavy atom. The molecule has 1 aromatic heterocycles. The Morgan fingerprint density at radius 3 is 2.43 bits per heavy atom. The molecular weight excluding hydrogens is 373 g/mol. The second kappa shape index (κ2) is 8.10. The van der Waals surface area contributed by atoms with Gasteiger partial charge < -0.3 is 9.80 Å². The van der Waals surface area contributed by atoms with E-state index in [1.807, 2.05) is 40.1 Å². The molecule has 1 fully saturated rings. The van der Waals surface area contributed by atoms with Gasteiger partial charge in [0, 0.05) is 42.7 Å². The molecule has 2 aromatic carbocycles. The molecule has 0 aliphatic carbocycles. The highest BCUT2D eigenvalue weighted by molar-refractivity contribution is 7.09. The number of nitrogens with zero attached hydrogens (tertiary/aromatic N) is 3. The molecule has 0 radical (unpaired) electrons. The third kappa shape index (κ3) is 3.78. The van der Waals surface area contributed by atoms with Gasteiger partial charge in [0.2, 0.25) is 0 Å². The average molecular weight is 396 g/mol. The van der Waals surface area contributed by atoms with Crippen molar-refractivity contribution in [1.29, 1.82) is 0 Å². The summed E-state index contributed by atoms with van der Waals surface area (Å²) < 4.78 is 14.0. The van der Waals surface area contributed by atoms with Crippen molar-refractivity contribution in [2.24, 2.45) is 0 Å². The number of carbonyl (C=O) groups excluding carboxylic acids is 1. The molecule has 0 N–H and O–H groups in total. The van der Waals surface area contributed by atoms with Crippen LogP contribution < -0.4 is 4.90 Å². The van der Waals surface area contributed by atoms with Crippen molar-refractivity contribution >= 4 is 22.9 Å². The third-order valence-electron chi connectivity index (χ3n) is 5.04. The Hall–Kier alpha value is -2.73. The topological polar surface area (TPSA) is 36.4 Å². The number of halogens is 1. The highest BCUT2D eigenvalue weighted by Gasteiger charge is 2.23. The molecule has 0 saturated carbocycles. The third-order valence-corrected chi connectivity index (χ3v) is 6.03. The molecule has 0 unspecified atom stereocenters. The molecule has 4 rings (SSSR count). The van der Waals surface area contributed by atoms with Crippen LogP contribution in [0.2, 0.25) is 0 Å². The zero-order valence-electron chi connectivity index (χ0n) is 15.8. The van der Waals surface area contributed by atoms with Crippen LogP contribution in [0.5, 0.6) is 0 Å². The molecule has 4 nitrogen and oxygen atoms in total. The van der Waals surface area contributed by atoms with Gasteiger partial charge in [0.15, 0.2) is 0 Å². The van der Waals surface area contributed by atoms with Crippen molar-refractivity contribution in [1.82, 2.24) is 9.88 Å². The number of piperazine rings is 1. The quantitative estimate of drug-likeness (QED) is 0.654. The van der Waals surface area contributed by atoms with E-state index < -0.39 is 0 Å². The number of aryl methyl sites for hydroxylation is 1. The van der Waals surface area contributed by atoms with E-state index in [0.717, 1.165) is 22.7 Å². The minimum atomic E-state index is -0.217. The maximum absolute atomic E-state index is 14.0. The van der Waals surface area contributed by atoms with Gasteiger partial charge in [0.05, 0.1) is 16.4 Å². The molecule has 28 heavy (non-hydrogen) atoms. The van der Waals surface area contributed by atoms with Crippen LogP contribution in [0, 0.1) is 5.82 Å². The van der Waals surface area contributed by atoms with Crippen molar-refractivity contribution in [3.05, 3.63) is 70.3 Å². The van der Waals surface area contributed by atoms with E-state index in [-0.39, 0.29) is 11.7 Å². The summed E-state index contributed by atoms with van der Waals surface area (Å²) >= 11 is 1.66. The molecule has 1 amide bonds. The van der Waals surface area contributed by atoms with Crippen molar-refractivity contribution in [2.45, 2.75) is 13.3 Å². The minimum absolute atomic E-state index is 0.0206. The van der Waals surface area contributed by atoms with Crippen LogP contribution >= 0.6 is 11.3 Å². The SMILES string of the molecule is CCc1nc(-c2ccc(C(=O)N3CCN(c4ccccc4F)CC3)cc2)cs1. The summed E-state index contributed by atoms with van der Waals surface area (Å²) in [5.41, 5.74) is 3.26. The lowest BCUT2D eigenvalue weighted by Crippen LogP contribution is -2.49. The average Bonchev–Trinajstić information content (AvgIpc) is 3.23. The van der Waals surface area contributed by atoms with Gasteiger partial charge >= 0.3 is 0 Å². The number of benzene rings is 2. The van der Waals surface area contributed by atoms with Gasteiger partial charge in [-0.05, 0) is 30.7 Å². The normalized spacial score (nSPS) is 14.4. The van der Waals surface area contributed by atoms with Crippen molar-refractivity contribution in [3.8, 4) is 11.3 Å². The molecule has 0 spiro atoms. The highest BCUT2D eigenvalue weighted by atomic mass is 32.1. The van der Waals surface area contributed by atoms with E-state index in [0.29, 0.717) is 37.4 Å². The van der Waals surface area contributed by atoms with Gasteiger partial charge in [-0.3, -0.25) is 4.79 Å². The van der Waals surface area contributed by atoms with E-state index >= 15 is 0 Å². The lowest BCUT2D eigenvalue weighted by Gasteiger charge is -2.36. The lowest BCUT2D eigenvalue weighted by molar-refractivity contribution is 0.0746. The standard InChI is InChI=1S/C22H22FN3OS/c1-2-21-24-19(15-28-21)16-7-9-17(10-8-16)22(27)26-13-11-25(12-14-26)20-6-4-3-5-18(20)23/h3-10,15H,2,11-14H2,1H3.